The molecule has 1 aromatic carbocycles. The van der Waals surface area contributed by atoms with Crippen LogP contribution in [0.3, 0.4) is 0 Å². The van der Waals surface area contributed by atoms with E-state index < -0.39 is 5.82 Å². The second-order valence-corrected chi connectivity index (χ2v) is 5.63. The lowest BCUT2D eigenvalue weighted by molar-refractivity contribution is 0.0780. The average molecular weight is 289 g/mol. The van der Waals surface area contributed by atoms with Crippen molar-refractivity contribution in [2.75, 3.05) is 19.7 Å². The van der Waals surface area contributed by atoms with Gasteiger partial charge >= 0.3 is 0 Å². The van der Waals surface area contributed by atoms with Crippen molar-refractivity contribution in [1.82, 2.24) is 4.90 Å². The van der Waals surface area contributed by atoms with Gasteiger partial charge in [0.2, 0.25) is 0 Å². The molecule has 3 nitrogen and oxygen atoms in total. The highest BCUT2D eigenvalue weighted by Gasteiger charge is 2.30. The minimum Gasteiger partial charge on any atom is -0.395 e. The number of hydrogen-bond donors (Lipinski definition) is 1. The Kier molecular flexibility index (Phi) is 4.98. The van der Waals surface area contributed by atoms with Crippen molar-refractivity contribution in [2.45, 2.75) is 20.3 Å². The smallest absolute Gasteiger partial charge is 0.256 e. The van der Waals surface area contributed by atoms with Gasteiger partial charge in [-0.05, 0) is 30.0 Å². The van der Waals surface area contributed by atoms with E-state index in [1.165, 1.54) is 12.1 Å². The third kappa shape index (κ3) is 3.62. The summed E-state index contributed by atoms with van der Waals surface area (Å²) in [6, 6.07) is 4.42. The summed E-state index contributed by atoms with van der Waals surface area (Å²) in [5, 5.41) is 8.65. The van der Waals surface area contributed by atoms with Gasteiger partial charge in [0.15, 0.2) is 0 Å². The summed E-state index contributed by atoms with van der Waals surface area (Å²) in [4.78, 5) is 14.1. The van der Waals surface area contributed by atoms with Crippen molar-refractivity contribution in [3.05, 3.63) is 35.1 Å². The van der Waals surface area contributed by atoms with Crippen molar-refractivity contribution in [2.24, 2.45) is 11.8 Å². The Morgan fingerprint density at radius 3 is 2.62 bits per heavy atom. The molecule has 2 unspecified atom stereocenters. The van der Waals surface area contributed by atoms with Crippen LogP contribution in [0.25, 0.3) is 0 Å². The van der Waals surface area contributed by atoms with Gasteiger partial charge in [-0.3, -0.25) is 4.79 Å². The van der Waals surface area contributed by atoms with Crippen LogP contribution in [-0.4, -0.2) is 35.6 Å². The zero-order chi connectivity index (χ0) is 15.4. The first-order valence-corrected chi connectivity index (χ1v) is 7.21. The molecule has 1 heterocycles. The van der Waals surface area contributed by atoms with Gasteiger partial charge in [0.25, 0.3) is 5.91 Å². The van der Waals surface area contributed by atoms with E-state index in [2.05, 4.69) is 25.7 Å². The first-order valence-electron chi connectivity index (χ1n) is 7.21. The van der Waals surface area contributed by atoms with E-state index in [0.29, 0.717) is 36.9 Å². The lowest BCUT2D eigenvalue weighted by atomic mass is 10.0. The molecule has 112 valence electrons. The molecule has 2 rings (SSSR count). The number of rotatable bonds is 2. The summed E-state index contributed by atoms with van der Waals surface area (Å²) < 4.78 is 14.1. The van der Waals surface area contributed by atoms with E-state index in [0.717, 1.165) is 0 Å². The lowest BCUT2D eigenvalue weighted by Crippen LogP contribution is -2.29. The normalized spacial score (nSPS) is 21.0. The van der Waals surface area contributed by atoms with Crippen molar-refractivity contribution < 1.29 is 14.3 Å². The number of hydrogen-bond acceptors (Lipinski definition) is 2. The molecule has 0 aromatic heterocycles. The number of carbonyl (C=O) groups is 1. The maximum Gasteiger partial charge on any atom is 0.256 e. The summed E-state index contributed by atoms with van der Waals surface area (Å²) >= 11 is 0. The van der Waals surface area contributed by atoms with Gasteiger partial charge in [-0.25, -0.2) is 4.39 Å². The SMILES string of the molecule is CC1CN(C(=O)c2ccc(C#CCCO)cc2F)CC1C. The Bertz CT molecular complexity index is 578. The molecule has 0 bridgehead atoms. The molecule has 0 radical (unpaired) electrons. The predicted octanol–water partition coefficient (Wildman–Crippen LogP) is 2.29. The highest BCUT2D eigenvalue weighted by atomic mass is 19.1. The lowest BCUT2D eigenvalue weighted by Gasteiger charge is -2.16. The van der Waals surface area contributed by atoms with Gasteiger partial charge in [-0.2, -0.15) is 0 Å². The summed E-state index contributed by atoms with van der Waals surface area (Å²) in [5.41, 5.74) is 0.615. The molecule has 0 spiro atoms. The minimum absolute atomic E-state index is 0.0165. The summed E-state index contributed by atoms with van der Waals surface area (Å²) in [6.45, 7) is 5.55. The fourth-order valence-corrected chi connectivity index (χ4v) is 2.45. The molecular weight excluding hydrogens is 269 g/mol. The van der Waals surface area contributed by atoms with Crippen molar-refractivity contribution in [3.63, 3.8) is 0 Å². The first kappa shape index (κ1) is 15.5. The number of aliphatic hydroxyl groups excluding tert-OH is 1. The van der Waals surface area contributed by atoms with Crippen LogP contribution in [0, 0.1) is 29.5 Å². The minimum atomic E-state index is -0.539. The number of nitrogens with zero attached hydrogens (tertiary/aromatic N) is 1. The fraction of sp³-hybridized carbons (Fsp3) is 0.471. The zero-order valence-corrected chi connectivity index (χ0v) is 12.4. The van der Waals surface area contributed by atoms with Gasteiger partial charge < -0.3 is 10.0 Å². The predicted molar refractivity (Wildman–Crippen MR) is 79.2 cm³/mol. The van der Waals surface area contributed by atoms with E-state index in [4.69, 9.17) is 5.11 Å². The van der Waals surface area contributed by atoms with E-state index in [1.807, 2.05) is 0 Å². The maximum absolute atomic E-state index is 14.1. The van der Waals surface area contributed by atoms with E-state index in [1.54, 1.807) is 11.0 Å². The topological polar surface area (TPSA) is 40.5 Å². The van der Waals surface area contributed by atoms with Crippen LogP contribution in [0.5, 0.6) is 0 Å². The van der Waals surface area contributed by atoms with Crippen LogP contribution in [-0.2, 0) is 0 Å². The van der Waals surface area contributed by atoms with Crippen LogP contribution >= 0.6 is 0 Å². The fourth-order valence-electron chi connectivity index (χ4n) is 2.45. The van der Waals surface area contributed by atoms with Crippen molar-refractivity contribution in [3.8, 4) is 11.8 Å². The Morgan fingerprint density at radius 1 is 1.38 bits per heavy atom. The third-order valence-corrected chi connectivity index (χ3v) is 3.94. The Morgan fingerprint density at radius 2 is 2.05 bits per heavy atom. The van der Waals surface area contributed by atoms with Gasteiger partial charge in [0, 0.05) is 25.1 Å². The summed E-state index contributed by atoms with van der Waals surface area (Å²) in [5.74, 6) is 5.59. The molecule has 0 saturated carbocycles. The molecule has 21 heavy (non-hydrogen) atoms. The molecule has 1 aromatic rings. The molecule has 1 amide bonds. The second-order valence-electron chi connectivity index (χ2n) is 5.63. The summed E-state index contributed by atoms with van der Waals surface area (Å²) in [7, 11) is 0. The van der Waals surface area contributed by atoms with Crippen LogP contribution in [0.2, 0.25) is 0 Å². The highest BCUT2D eigenvalue weighted by Crippen LogP contribution is 2.24. The van der Waals surface area contributed by atoms with Crippen LogP contribution in [0.15, 0.2) is 18.2 Å². The number of benzene rings is 1. The van der Waals surface area contributed by atoms with E-state index in [9.17, 15) is 9.18 Å². The number of aliphatic hydroxyl groups is 1. The maximum atomic E-state index is 14.1. The molecule has 1 aliphatic heterocycles. The number of carbonyl (C=O) groups excluding carboxylic acids is 1. The Labute approximate surface area is 124 Å². The van der Waals surface area contributed by atoms with Gasteiger partial charge in [0.1, 0.15) is 5.82 Å². The number of amides is 1. The molecule has 1 N–H and O–H groups in total. The molecule has 0 aliphatic carbocycles. The number of likely N-dealkylation sites (tertiary alicyclic amines) is 1. The first-order chi connectivity index (χ1) is 10.0. The van der Waals surface area contributed by atoms with E-state index in [-0.39, 0.29) is 18.1 Å². The Hall–Kier alpha value is -1.86. The molecule has 4 heteroatoms. The van der Waals surface area contributed by atoms with Crippen molar-refractivity contribution in [1.29, 1.82) is 0 Å². The Balaban J connectivity index is 2.14. The van der Waals surface area contributed by atoms with Gasteiger partial charge in [-0.1, -0.05) is 25.7 Å². The van der Waals surface area contributed by atoms with Crippen molar-refractivity contribution >= 4 is 5.91 Å². The molecule has 1 fully saturated rings. The third-order valence-electron chi connectivity index (χ3n) is 3.94. The standard InChI is InChI=1S/C17H20FNO2/c1-12-10-19(11-13(12)2)17(21)15-7-6-14(9-16(15)18)5-3-4-8-20/h6-7,9,12-13,20H,4,8,10-11H2,1-2H3. The quantitative estimate of drug-likeness (QED) is 0.849. The molecule has 2 atom stereocenters. The van der Waals surface area contributed by atoms with Gasteiger partial charge in [0.05, 0.1) is 12.2 Å². The molecule has 1 aliphatic rings. The monoisotopic (exact) mass is 289 g/mol. The number of halogens is 1. The van der Waals surface area contributed by atoms with E-state index >= 15 is 0 Å². The van der Waals surface area contributed by atoms with Crippen LogP contribution in [0.1, 0.15) is 36.2 Å². The van der Waals surface area contributed by atoms with Gasteiger partial charge in [-0.15, -0.1) is 0 Å². The summed E-state index contributed by atoms with van der Waals surface area (Å²) in [6.07, 6.45) is 0.353. The molecule has 1 saturated heterocycles. The second kappa shape index (κ2) is 6.73. The zero-order valence-electron chi connectivity index (χ0n) is 12.4. The van der Waals surface area contributed by atoms with Crippen LogP contribution < -0.4 is 0 Å². The molecular formula is C17H20FNO2. The highest BCUT2D eigenvalue weighted by molar-refractivity contribution is 5.94. The van der Waals surface area contributed by atoms with Crippen LogP contribution in [0.4, 0.5) is 4.39 Å². The largest absolute Gasteiger partial charge is 0.395 e. The average Bonchev–Trinajstić information content (AvgIpc) is 2.78.